The van der Waals surface area contributed by atoms with Crippen LogP contribution in [0.5, 0.6) is 0 Å². The van der Waals surface area contributed by atoms with Crippen LogP contribution in [0.1, 0.15) is 27.6 Å². The van der Waals surface area contributed by atoms with E-state index in [2.05, 4.69) is 4.99 Å². The summed E-state index contributed by atoms with van der Waals surface area (Å²) < 4.78 is 7.29. The van der Waals surface area contributed by atoms with Gasteiger partial charge in [-0.1, -0.05) is 22.9 Å². The summed E-state index contributed by atoms with van der Waals surface area (Å²) in [5.41, 5.74) is 0.896. The van der Waals surface area contributed by atoms with Crippen molar-refractivity contribution >= 4 is 50.7 Å². The maximum Gasteiger partial charge on any atom is 0.337 e. The number of fused-ring (bicyclic) bond motifs is 1. The zero-order valence-corrected chi connectivity index (χ0v) is 16.4. The summed E-state index contributed by atoms with van der Waals surface area (Å²) in [7, 11) is 1.30. The van der Waals surface area contributed by atoms with Crippen molar-refractivity contribution in [1.82, 2.24) is 4.57 Å². The van der Waals surface area contributed by atoms with Gasteiger partial charge in [0.2, 0.25) is 0 Å². The van der Waals surface area contributed by atoms with Gasteiger partial charge in [-0.05, 0) is 31.2 Å². The molecule has 10 heteroatoms. The second kappa shape index (κ2) is 7.91. The Kier molecular flexibility index (Phi) is 5.57. The van der Waals surface area contributed by atoms with Gasteiger partial charge in [-0.2, -0.15) is 4.99 Å². The molecule has 3 aromatic rings. The first-order valence-electron chi connectivity index (χ1n) is 8.10. The van der Waals surface area contributed by atoms with E-state index in [4.69, 9.17) is 16.3 Å². The van der Waals surface area contributed by atoms with Crippen LogP contribution in [0.3, 0.4) is 0 Å². The van der Waals surface area contributed by atoms with Gasteiger partial charge in [0.05, 0.1) is 38.4 Å². The quantitative estimate of drug-likeness (QED) is 0.363. The number of carbonyl (C=O) groups is 2. The zero-order valence-electron chi connectivity index (χ0n) is 14.8. The smallest absolute Gasteiger partial charge is 0.337 e. The zero-order chi connectivity index (χ0) is 20.4. The maximum absolute atomic E-state index is 12.6. The average Bonchev–Trinajstić information content (AvgIpc) is 3.03. The number of nitrogens with zero attached hydrogens (tertiary/aromatic N) is 3. The van der Waals surface area contributed by atoms with Crippen molar-refractivity contribution in [2.45, 2.75) is 13.5 Å². The predicted molar refractivity (Wildman–Crippen MR) is 105 cm³/mol. The highest BCUT2D eigenvalue weighted by atomic mass is 35.5. The normalized spacial score (nSPS) is 11.6. The molecule has 0 atom stereocenters. The molecule has 2 aromatic carbocycles. The third-order valence-corrected chi connectivity index (χ3v) is 5.38. The number of nitro benzene ring substituents is 1. The Balaban J connectivity index is 2.13. The third-order valence-electron chi connectivity index (χ3n) is 4.01. The predicted octanol–water partition coefficient (Wildman–Crippen LogP) is 3.81. The molecular weight excluding hydrogens is 406 g/mol. The highest BCUT2D eigenvalue weighted by Gasteiger charge is 2.17. The molecule has 0 radical (unpaired) electrons. The van der Waals surface area contributed by atoms with E-state index < -0.39 is 16.8 Å². The van der Waals surface area contributed by atoms with Gasteiger partial charge in [0.25, 0.3) is 11.6 Å². The minimum absolute atomic E-state index is 0.0498. The fourth-order valence-corrected chi connectivity index (χ4v) is 3.98. The molecule has 0 aliphatic heterocycles. The van der Waals surface area contributed by atoms with E-state index in [0.717, 1.165) is 16.3 Å². The summed E-state index contributed by atoms with van der Waals surface area (Å²) in [6.07, 6.45) is 0. The first-order chi connectivity index (χ1) is 13.3. The van der Waals surface area contributed by atoms with Crippen LogP contribution in [-0.2, 0) is 11.3 Å². The van der Waals surface area contributed by atoms with Gasteiger partial charge >= 0.3 is 5.97 Å². The molecule has 144 valence electrons. The number of rotatable bonds is 4. The van der Waals surface area contributed by atoms with Gasteiger partial charge in [0.1, 0.15) is 0 Å². The Bertz CT molecular complexity index is 1180. The average molecular weight is 420 g/mol. The van der Waals surface area contributed by atoms with Crippen LogP contribution >= 0.6 is 22.9 Å². The highest BCUT2D eigenvalue weighted by Crippen LogP contribution is 2.23. The molecule has 0 fully saturated rings. The molecule has 1 aromatic heterocycles. The van der Waals surface area contributed by atoms with E-state index in [0.29, 0.717) is 16.9 Å². The minimum atomic E-state index is -0.685. The summed E-state index contributed by atoms with van der Waals surface area (Å²) in [5, 5.41) is 11.0. The van der Waals surface area contributed by atoms with Crippen molar-refractivity contribution in [3.05, 3.63) is 67.5 Å². The van der Waals surface area contributed by atoms with Crippen LogP contribution in [0.15, 0.2) is 41.4 Å². The number of hydrogen-bond acceptors (Lipinski definition) is 6. The summed E-state index contributed by atoms with van der Waals surface area (Å²) in [6, 6.07) is 8.68. The number of thiazole rings is 1. The molecule has 0 spiro atoms. The van der Waals surface area contributed by atoms with Crippen molar-refractivity contribution in [3.63, 3.8) is 0 Å². The lowest BCUT2D eigenvalue weighted by Gasteiger charge is -2.02. The number of methoxy groups -OCH3 is 1. The summed E-state index contributed by atoms with van der Waals surface area (Å²) >= 11 is 7.25. The van der Waals surface area contributed by atoms with E-state index in [1.807, 2.05) is 11.5 Å². The third kappa shape index (κ3) is 3.67. The molecule has 0 N–H and O–H groups in total. The lowest BCUT2D eigenvalue weighted by molar-refractivity contribution is -0.384. The lowest BCUT2D eigenvalue weighted by Crippen LogP contribution is -2.16. The monoisotopic (exact) mass is 419 g/mol. The van der Waals surface area contributed by atoms with Crippen molar-refractivity contribution in [2.24, 2.45) is 4.99 Å². The number of aromatic nitrogens is 1. The molecule has 0 saturated heterocycles. The van der Waals surface area contributed by atoms with Gasteiger partial charge in [-0.25, -0.2) is 4.79 Å². The highest BCUT2D eigenvalue weighted by molar-refractivity contribution is 7.16. The molecule has 0 saturated carbocycles. The van der Waals surface area contributed by atoms with Crippen molar-refractivity contribution in [2.75, 3.05) is 7.11 Å². The standard InChI is InChI=1S/C18H14ClN3O5S/c1-3-21-14-7-4-10(17(24)27-2)8-15(14)28-18(21)20-16(23)12-9-11(22(25)26)5-6-13(12)19/h4-9H,3H2,1-2H3. The fourth-order valence-electron chi connectivity index (χ4n) is 2.65. The van der Waals surface area contributed by atoms with Crippen molar-refractivity contribution in [3.8, 4) is 0 Å². The molecule has 0 aliphatic carbocycles. The molecule has 1 amide bonds. The number of non-ortho nitro benzene ring substituents is 1. The maximum atomic E-state index is 12.6. The number of amides is 1. The van der Waals surface area contributed by atoms with Crippen LogP contribution in [0.25, 0.3) is 10.2 Å². The minimum Gasteiger partial charge on any atom is -0.465 e. The topological polar surface area (TPSA) is 104 Å². The van der Waals surface area contributed by atoms with Crippen LogP contribution in [0.2, 0.25) is 5.02 Å². The molecule has 28 heavy (non-hydrogen) atoms. The molecule has 3 rings (SSSR count). The summed E-state index contributed by atoms with van der Waals surface area (Å²) in [4.78, 5) is 39.2. The van der Waals surface area contributed by atoms with Crippen LogP contribution in [-0.4, -0.2) is 28.5 Å². The number of nitro groups is 1. The van der Waals surface area contributed by atoms with Gasteiger partial charge in [0.15, 0.2) is 4.80 Å². The number of aryl methyl sites for hydroxylation is 1. The van der Waals surface area contributed by atoms with Crippen molar-refractivity contribution < 1.29 is 19.2 Å². The molecule has 0 bridgehead atoms. The number of hydrogen-bond donors (Lipinski definition) is 0. The number of halogens is 1. The number of carbonyl (C=O) groups excluding carboxylic acids is 2. The van der Waals surface area contributed by atoms with Gasteiger partial charge < -0.3 is 9.30 Å². The SMILES string of the molecule is CCn1c(=NC(=O)c2cc([N+](=O)[O-])ccc2Cl)sc2cc(C(=O)OC)ccc21. The van der Waals surface area contributed by atoms with Crippen LogP contribution < -0.4 is 4.80 Å². The Labute approximate surface area is 167 Å². The Morgan fingerprint density at radius 1 is 1.29 bits per heavy atom. The Morgan fingerprint density at radius 3 is 2.68 bits per heavy atom. The first kappa shape index (κ1) is 19.7. The summed E-state index contributed by atoms with van der Waals surface area (Å²) in [6.45, 7) is 2.43. The van der Waals surface area contributed by atoms with E-state index in [9.17, 15) is 19.7 Å². The first-order valence-corrected chi connectivity index (χ1v) is 9.29. The molecule has 0 aliphatic rings. The summed E-state index contributed by atoms with van der Waals surface area (Å²) in [5.74, 6) is -1.15. The fraction of sp³-hybridized carbons (Fsp3) is 0.167. The Hall–Kier alpha value is -3.04. The number of esters is 1. The van der Waals surface area contributed by atoms with Gasteiger partial charge in [0, 0.05) is 18.7 Å². The van der Waals surface area contributed by atoms with Crippen molar-refractivity contribution in [1.29, 1.82) is 0 Å². The number of ether oxygens (including phenoxy) is 1. The second-order valence-corrected chi connectivity index (χ2v) is 7.06. The van der Waals surface area contributed by atoms with Gasteiger partial charge in [-0.15, -0.1) is 0 Å². The van der Waals surface area contributed by atoms with Gasteiger partial charge in [-0.3, -0.25) is 14.9 Å². The molecular formula is C18H14ClN3O5S. The molecule has 0 unspecified atom stereocenters. The van der Waals surface area contributed by atoms with E-state index >= 15 is 0 Å². The van der Waals surface area contributed by atoms with E-state index in [-0.39, 0.29) is 16.3 Å². The Morgan fingerprint density at radius 2 is 2.04 bits per heavy atom. The van der Waals surface area contributed by atoms with E-state index in [1.165, 1.54) is 30.6 Å². The van der Waals surface area contributed by atoms with Crippen LogP contribution in [0.4, 0.5) is 5.69 Å². The van der Waals surface area contributed by atoms with E-state index in [1.54, 1.807) is 18.2 Å². The second-order valence-electron chi connectivity index (χ2n) is 5.64. The lowest BCUT2D eigenvalue weighted by atomic mass is 10.2. The molecule has 8 nitrogen and oxygen atoms in total. The molecule has 1 heterocycles. The van der Waals surface area contributed by atoms with Crippen LogP contribution in [0, 0.1) is 10.1 Å². The largest absolute Gasteiger partial charge is 0.465 e. The number of benzene rings is 2.